The number of hydrogen-bond acceptors (Lipinski definition) is 3. The third-order valence-electron chi connectivity index (χ3n) is 3.57. The summed E-state index contributed by atoms with van der Waals surface area (Å²) in [5.74, 6) is 1.81. The molecular formula is C15H13N3O. The second-order valence-corrected chi connectivity index (χ2v) is 4.87. The van der Waals surface area contributed by atoms with Crippen molar-refractivity contribution < 1.29 is 4.74 Å². The lowest BCUT2D eigenvalue weighted by Crippen LogP contribution is -2.05. The Labute approximate surface area is 110 Å². The SMILES string of the molecule is Cc1ccnc2nc(C3Cc4ccccc4O3)[nH]c12. The molecule has 0 radical (unpaired) electrons. The number of para-hydroxylation sites is 1. The van der Waals surface area contributed by atoms with Gasteiger partial charge in [-0.05, 0) is 30.2 Å². The Balaban J connectivity index is 1.75. The van der Waals surface area contributed by atoms with Crippen LogP contribution in [0.25, 0.3) is 11.2 Å². The maximum Gasteiger partial charge on any atom is 0.178 e. The molecule has 0 spiro atoms. The summed E-state index contributed by atoms with van der Waals surface area (Å²) in [6.45, 7) is 2.05. The van der Waals surface area contributed by atoms with Gasteiger partial charge in [-0.1, -0.05) is 18.2 Å². The first-order chi connectivity index (χ1) is 9.31. The largest absolute Gasteiger partial charge is 0.482 e. The van der Waals surface area contributed by atoms with Crippen LogP contribution < -0.4 is 4.74 Å². The van der Waals surface area contributed by atoms with Crippen LogP contribution in [-0.4, -0.2) is 15.0 Å². The summed E-state index contributed by atoms with van der Waals surface area (Å²) in [4.78, 5) is 12.2. The number of aromatic amines is 1. The summed E-state index contributed by atoms with van der Waals surface area (Å²) in [7, 11) is 0. The summed E-state index contributed by atoms with van der Waals surface area (Å²) >= 11 is 0. The van der Waals surface area contributed by atoms with Gasteiger partial charge in [-0.3, -0.25) is 0 Å². The van der Waals surface area contributed by atoms with Gasteiger partial charge >= 0.3 is 0 Å². The first-order valence-electron chi connectivity index (χ1n) is 6.37. The maximum atomic E-state index is 5.94. The van der Waals surface area contributed by atoms with E-state index in [1.165, 1.54) is 5.56 Å². The van der Waals surface area contributed by atoms with Crippen LogP contribution >= 0.6 is 0 Å². The summed E-state index contributed by atoms with van der Waals surface area (Å²) in [6.07, 6.45) is 2.60. The van der Waals surface area contributed by atoms with Gasteiger partial charge in [-0.2, -0.15) is 0 Å². The van der Waals surface area contributed by atoms with Gasteiger partial charge in [-0.15, -0.1) is 0 Å². The molecule has 0 saturated heterocycles. The van der Waals surface area contributed by atoms with E-state index in [9.17, 15) is 0 Å². The molecule has 0 saturated carbocycles. The van der Waals surface area contributed by atoms with E-state index in [2.05, 4.69) is 27.9 Å². The highest BCUT2D eigenvalue weighted by atomic mass is 16.5. The second-order valence-electron chi connectivity index (χ2n) is 4.87. The van der Waals surface area contributed by atoms with E-state index in [4.69, 9.17) is 4.74 Å². The van der Waals surface area contributed by atoms with Gasteiger partial charge in [-0.25, -0.2) is 9.97 Å². The van der Waals surface area contributed by atoms with Crippen molar-refractivity contribution in [3.63, 3.8) is 0 Å². The molecule has 3 aromatic rings. The summed E-state index contributed by atoms with van der Waals surface area (Å²) in [6, 6.07) is 10.1. The Morgan fingerprint density at radius 1 is 1.26 bits per heavy atom. The number of nitrogens with zero attached hydrogens (tertiary/aromatic N) is 2. The normalized spacial score (nSPS) is 17.4. The van der Waals surface area contributed by atoms with Crippen LogP contribution in [0.3, 0.4) is 0 Å². The van der Waals surface area contributed by atoms with Crippen molar-refractivity contribution in [2.45, 2.75) is 19.4 Å². The minimum Gasteiger partial charge on any atom is -0.482 e. The van der Waals surface area contributed by atoms with Crippen LogP contribution in [0, 0.1) is 6.92 Å². The van der Waals surface area contributed by atoms with Crippen molar-refractivity contribution in [1.29, 1.82) is 0 Å². The Bertz CT molecular complexity index is 738. The van der Waals surface area contributed by atoms with E-state index in [0.29, 0.717) is 0 Å². The van der Waals surface area contributed by atoms with E-state index in [0.717, 1.165) is 34.7 Å². The van der Waals surface area contributed by atoms with Crippen LogP contribution in [0.5, 0.6) is 5.75 Å². The first-order valence-corrected chi connectivity index (χ1v) is 6.37. The molecule has 94 valence electrons. The molecule has 1 atom stereocenters. The molecule has 1 aliphatic rings. The fourth-order valence-electron chi connectivity index (χ4n) is 2.54. The monoisotopic (exact) mass is 251 g/mol. The Kier molecular flexibility index (Phi) is 2.12. The van der Waals surface area contributed by atoms with Crippen LogP contribution in [-0.2, 0) is 6.42 Å². The highest BCUT2D eigenvalue weighted by Crippen LogP contribution is 2.35. The predicted molar refractivity (Wildman–Crippen MR) is 72.1 cm³/mol. The molecule has 19 heavy (non-hydrogen) atoms. The zero-order valence-electron chi connectivity index (χ0n) is 10.6. The standard InChI is InChI=1S/C15H13N3O/c1-9-6-7-16-15-13(9)17-14(18-15)12-8-10-4-2-3-5-11(10)19-12/h2-7,12H,8H2,1H3,(H,16,17,18). The fraction of sp³-hybridized carbons (Fsp3) is 0.200. The second kappa shape index (κ2) is 3.82. The van der Waals surface area contributed by atoms with Crippen LogP contribution in [0.2, 0.25) is 0 Å². The number of aryl methyl sites for hydroxylation is 1. The summed E-state index contributed by atoms with van der Waals surface area (Å²) in [5, 5.41) is 0. The van der Waals surface area contributed by atoms with Crippen LogP contribution in [0.15, 0.2) is 36.5 Å². The lowest BCUT2D eigenvalue weighted by atomic mass is 10.1. The average Bonchev–Trinajstić information content (AvgIpc) is 3.02. The van der Waals surface area contributed by atoms with Gasteiger partial charge in [0.05, 0.1) is 5.52 Å². The lowest BCUT2D eigenvalue weighted by Gasteiger charge is -2.06. The average molecular weight is 251 g/mol. The van der Waals surface area contributed by atoms with E-state index in [-0.39, 0.29) is 6.10 Å². The highest BCUT2D eigenvalue weighted by Gasteiger charge is 2.26. The molecule has 1 unspecified atom stereocenters. The van der Waals surface area contributed by atoms with Crippen molar-refractivity contribution in [2.75, 3.05) is 0 Å². The van der Waals surface area contributed by atoms with Gasteiger partial charge in [0.15, 0.2) is 17.6 Å². The molecule has 4 heteroatoms. The van der Waals surface area contributed by atoms with E-state index < -0.39 is 0 Å². The lowest BCUT2D eigenvalue weighted by molar-refractivity contribution is 0.229. The highest BCUT2D eigenvalue weighted by molar-refractivity contribution is 5.74. The Morgan fingerprint density at radius 2 is 2.16 bits per heavy atom. The molecule has 1 aromatic carbocycles. The molecule has 1 aliphatic heterocycles. The molecule has 4 nitrogen and oxygen atoms in total. The van der Waals surface area contributed by atoms with E-state index >= 15 is 0 Å². The zero-order valence-corrected chi connectivity index (χ0v) is 10.6. The van der Waals surface area contributed by atoms with Gasteiger partial charge < -0.3 is 9.72 Å². The molecule has 0 aliphatic carbocycles. The number of ether oxygens (including phenoxy) is 1. The number of pyridine rings is 1. The van der Waals surface area contributed by atoms with E-state index in [1.54, 1.807) is 6.20 Å². The predicted octanol–water partition coefficient (Wildman–Crippen LogP) is 2.94. The Morgan fingerprint density at radius 3 is 3.00 bits per heavy atom. The van der Waals surface area contributed by atoms with Gasteiger partial charge in [0.2, 0.25) is 0 Å². The zero-order chi connectivity index (χ0) is 12.8. The van der Waals surface area contributed by atoms with Gasteiger partial charge in [0.25, 0.3) is 0 Å². The van der Waals surface area contributed by atoms with Gasteiger partial charge in [0.1, 0.15) is 5.75 Å². The minimum atomic E-state index is -0.0361. The molecule has 0 amide bonds. The summed E-state index contributed by atoms with van der Waals surface area (Å²) < 4.78 is 5.94. The van der Waals surface area contributed by atoms with Crippen molar-refractivity contribution in [2.24, 2.45) is 0 Å². The van der Waals surface area contributed by atoms with Crippen LogP contribution in [0.1, 0.15) is 23.1 Å². The van der Waals surface area contributed by atoms with Crippen molar-refractivity contribution in [3.8, 4) is 5.75 Å². The number of benzene rings is 1. The smallest absolute Gasteiger partial charge is 0.178 e. The van der Waals surface area contributed by atoms with Crippen molar-refractivity contribution in [3.05, 3.63) is 53.5 Å². The van der Waals surface area contributed by atoms with Crippen LogP contribution in [0.4, 0.5) is 0 Å². The number of fused-ring (bicyclic) bond motifs is 2. The molecule has 0 bridgehead atoms. The third kappa shape index (κ3) is 1.60. The quantitative estimate of drug-likeness (QED) is 0.723. The summed E-state index contributed by atoms with van der Waals surface area (Å²) in [5.41, 5.74) is 4.14. The number of imidazole rings is 1. The molecular weight excluding hydrogens is 238 g/mol. The molecule has 1 N–H and O–H groups in total. The molecule has 4 rings (SSSR count). The third-order valence-corrected chi connectivity index (χ3v) is 3.57. The number of H-pyrrole nitrogens is 1. The van der Waals surface area contributed by atoms with Crippen molar-refractivity contribution in [1.82, 2.24) is 15.0 Å². The van der Waals surface area contributed by atoms with Gasteiger partial charge in [0, 0.05) is 12.6 Å². The van der Waals surface area contributed by atoms with Crippen molar-refractivity contribution >= 4 is 11.2 Å². The topological polar surface area (TPSA) is 50.8 Å². The number of hydrogen-bond donors (Lipinski definition) is 1. The molecule has 0 fully saturated rings. The molecule has 2 aromatic heterocycles. The number of nitrogens with one attached hydrogen (secondary N) is 1. The fourth-order valence-corrected chi connectivity index (χ4v) is 2.54. The minimum absolute atomic E-state index is 0.0361. The first kappa shape index (κ1) is 10.6. The number of aromatic nitrogens is 3. The number of rotatable bonds is 1. The van der Waals surface area contributed by atoms with E-state index in [1.807, 2.05) is 24.3 Å². The molecule has 3 heterocycles. The Hall–Kier alpha value is -2.36. The maximum absolute atomic E-state index is 5.94.